The molecule has 1 atom stereocenters. The first-order valence-electron chi connectivity index (χ1n) is 14.9. The van der Waals surface area contributed by atoms with Crippen molar-refractivity contribution in [1.29, 1.82) is 0 Å². The topological polar surface area (TPSA) is 96.5 Å². The number of imide groups is 1. The van der Waals surface area contributed by atoms with E-state index in [-0.39, 0.29) is 54.0 Å². The SMILES string of the molecule is C#CCN1C(=O)COc2cc(F)c(N3C(=O)C4=C(CCCC4)C3=O)cc21.CCc1cccc(C)c1N(C(=O)CCl)C(C)COC. The Bertz CT molecular complexity index is 1550. The monoisotopic (exact) mass is 637 g/mol. The lowest BCUT2D eigenvalue weighted by atomic mass is 9.93. The van der Waals surface area contributed by atoms with Gasteiger partial charge in [0, 0.05) is 24.3 Å². The summed E-state index contributed by atoms with van der Waals surface area (Å²) in [6, 6.07) is 8.41. The van der Waals surface area contributed by atoms with Gasteiger partial charge in [-0.1, -0.05) is 31.0 Å². The molecule has 1 unspecified atom stereocenters. The Labute approximate surface area is 267 Å². The van der Waals surface area contributed by atoms with Crippen LogP contribution in [0.4, 0.5) is 21.5 Å². The number of terminal acetylenes is 1. The number of benzene rings is 2. The molecule has 2 aromatic rings. The fourth-order valence-corrected chi connectivity index (χ4v) is 6.05. The van der Waals surface area contributed by atoms with Crippen LogP contribution < -0.4 is 19.4 Å². The standard InChI is InChI=1S/C19H15FN2O4.C15H22ClNO2/c1-2-7-21-15-9-14(13(20)8-16(15)26-10-17(21)23)22-18(24)11-5-3-4-6-12(11)19(22)25;1-5-13-8-6-7-11(2)15(13)17(14(18)9-16)12(3)10-19-4/h1,8-9H,3-7,10H2;6-8,12H,5,9-10H2,1-4H3. The summed E-state index contributed by atoms with van der Waals surface area (Å²) < 4.78 is 25.1. The molecular weight excluding hydrogens is 601 g/mol. The van der Waals surface area contributed by atoms with Crippen LogP contribution in [0.2, 0.25) is 0 Å². The molecule has 0 saturated carbocycles. The Kier molecular flexibility index (Phi) is 11.0. The molecule has 0 N–H and O–H groups in total. The van der Waals surface area contributed by atoms with E-state index in [4.69, 9.17) is 27.5 Å². The summed E-state index contributed by atoms with van der Waals surface area (Å²) in [5, 5.41) is 0. The minimum Gasteiger partial charge on any atom is -0.481 e. The van der Waals surface area contributed by atoms with Crippen molar-refractivity contribution in [2.24, 2.45) is 0 Å². The number of rotatable bonds is 8. The van der Waals surface area contributed by atoms with E-state index >= 15 is 0 Å². The Morgan fingerprint density at radius 1 is 1.16 bits per heavy atom. The maximum Gasteiger partial charge on any atom is 0.265 e. The van der Waals surface area contributed by atoms with Crippen LogP contribution in [0.1, 0.15) is 50.7 Å². The zero-order chi connectivity index (χ0) is 32.8. The maximum absolute atomic E-state index is 14.7. The molecule has 2 heterocycles. The van der Waals surface area contributed by atoms with E-state index in [1.807, 2.05) is 26.0 Å². The number of carbonyl (C=O) groups is 4. The third-order valence-electron chi connectivity index (χ3n) is 8.03. The van der Waals surface area contributed by atoms with Gasteiger partial charge in [0.05, 0.1) is 36.3 Å². The smallest absolute Gasteiger partial charge is 0.265 e. The molecule has 0 saturated heterocycles. The number of nitrogens with zero attached hydrogens (tertiary/aromatic N) is 3. The van der Waals surface area contributed by atoms with Crippen LogP contribution in [0.15, 0.2) is 41.5 Å². The van der Waals surface area contributed by atoms with E-state index in [0.29, 0.717) is 30.6 Å². The van der Waals surface area contributed by atoms with Gasteiger partial charge in [0.25, 0.3) is 17.7 Å². The van der Waals surface area contributed by atoms with Gasteiger partial charge in [0.2, 0.25) is 5.91 Å². The van der Waals surface area contributed by atoms with Crippen LogP contribution in [-0.2, 0) is 30.3 Å². The molecule has 11 heteroatoms. The normalized spacial score (nSPS) is 16.3. The van der Waals surface area contributed by atoms with E-state index < -0.39 is 17.6 Å². The van der Waals surface area contributed by atoms with E-state index in [1.54, 1.807) is 12.0 Å². The molecule has 9 nitrogen and oxygen atoms in total. The number of carbonyl (C=O) groups excluding carboxylic acids is 4. The molecular formula is C34H37ClFN3O6. The molecule has 0 aromatic heterocycles. The van der Waals surface area contributed by atoms with Crippen LogP contribution in [0.25, 0.3) is 0 Å². The van der Waals surface area contributed by atoms with E-state index in [0.717, 1.165) is 47.0 Å². The summed E-state index contributed by atoms with van der Waals surface area (Å²) in [7, 11) is 1.64. The molecule has 0 spiro atoms. The van der Waals surface area contributed by atoms with Gasteiger partial charge >= 0.3 is 0 Å². The zero-order valence-corrected chi connectivity index (χ0v) is 26.7. The van der Waals surface area contributed by atoms with Crippen LogP contribution in [-0.4, -0.2) is 62.4 Å². The molecule has 1 aliphatic carbocycles. The van der Waals surface area contributed by atoms with Crippen LogP contribution in [0.3, 0.4) is 0 Å². The van der Waals surface area contributed by atoms with Crippen molar-refractivity contribution in [3.8, 4) is 18.1 Å². The molecule has 45 heavy (non-hydrogen) atoms. The van der Waals surface area contributed by atoms with E-state index in [1.165, 1.54) is 11.0 Å². The predicted molar refractivity (Wildman–Crippen MR) is 171 cm³/mol. The zero-order valence-electron chi connectivity index (χ0n) is 26.0. The fourth-order valence-electron chi connectivity index (χ4n) is 5.93. The number of hydrogen-bond donors (Lipinski definition) is 0. The van der Waals surface area contributed by atoms with Crippen LogP contribution in [0, 0.1) is 25.1 Å². The number of alkyl halides is 1. The number of hydrogen-bond acceptors (Lipinski definition) is 6. The molecule has 2 aliphatic heterocycles. The minimum atomic E-state index is -0.764. The molecule has 0 radical (unpaired) electrons. The number of amides is 4. The Morgan fingerprint density at radius 2 is 1.82 bits per heavy atom. The van der Waals surface area contributed by atoms with Crippen LogP contribution >= 0.6 is 11.6 Å². The lowest BCUT2D eigenvalue weighted by Crippen LogP contribution is -2.43. The average Bonchev–Trinajstić information content (AvgIpc) is 3.28. The van der Waals surface area contributed by atoms with Gasteiger partial charge in [-0.3, -0.25) is 24.1 Å². The summed E-state index contributed by atoms with van der Waals surface area (Å²) in [6.45, 7) is 6.30. The van der Waals surface area contributed by atoms with Crippen molar-refractivity contribution in [3.63, 3.8) is 0 Å². The van der Waals surface area contributed by atoms with E-state index in [9.17, 15) is 23.6 Å². The Hall–Kier alpha value is -4.20. The summed E-state index contributed by atoms with van der Waals surface area (Å²) in [5.74, 6) is 0.296. The first-order chi connectivity index (χ1) is 21.6. The highest BCUT2D eigenvalue weighted by Gasteiger charge is 2.41. The molecule has 5 rings (SSSR count). The average molecular weight is 638 g/mol. The predicted octanol–water partition coefficient (Wildman–Crippen LogP) is 5.09. The van der Waals surface area contributed by atoms with Gasteiger partial charge in [-0.25, -0.2) is 9.29 Å². The van der Waals surface area contributed by atoms with Crippen molar-refractivity contribution >= 4 is 52.3 Å². The molecule has 4 amide bonds. The summed E-state index contributed by atoms with van der Waals surface area (Å²) in [4.78, 5) is 53.5. The highest BCUT2D eigenvalue weighted by Crippen LogP contribution is 2.41. The van der Waals surface area contributed by atoms with Gasteiger partial charge in [0.1, 0.15) is 11.6 Å². The number of anilines is 3. The van der Waals surface area contributed by atoms with Crippen molar-refractivity contribution in [3.05, 3.63) is 58.4 Å². The molecule has 3 aliphatic rings. The highest BCUT2D eigenvalue weighted by molar-refractivity contribution is 6.33. The molecule has 0 fully saturated rings. The second-order valence-electron chi connectivity index (χ2n) is 11.0. The molecule has 2 aromatic carbocycles. The fraction of sp³-hybridized carbons (Fsp3) is 0.412. The van der Waals surface area contributed by atoms with Crippen molar-refractivity contribution in [2.45, 2.75) is 58.9 Å². The van der Waals surface area contributed by atoms with Crippen molar-refractivity contribution in [2.75, 3.05) is 47.4 Å². The van der Waals surface area contributed by atoms with Crippen molar-refractivity contribution < 1.29 is 33.0 Å². The number of aryl methyl sites for hydroxylation is 2. The van der Waals surface area contributed by atoms with E-state index in [2.05, 4.69) is 18.9 Å². The number of halogens is 2. The quantitative estimate of drug-likeness (QED) is 0.227. The first kappa shape index (κ1) is 33.7. The van der Waals surface area contributed by atoms with Gasteiger partial charge in [-0.05, 0) is 63.1 Å². The molecule has 0 bridgehead atoms. The minimum absolute atomic E-state index is 0.0170. The number of fused-ring (bicyclic) bond motifs is 1. The van der Waals surface area contributed by atoms with Crippen molar-refractivity contribution in [1.82, 2.24) is 0 Å². The second kappa shape index (κ2) is 14.7. The summed E-state index contributed by atoms with van der Waals surface area (Å²) in [5.41, 5.74) is 4.20. The van der Waals surface area contributed by atoms with Gasteiger partial charge < -0.3 is 14.4 Å². The lowest BCUT2D eigenvalue weighted by molar-refractivity contribution is -0.121. The summed E-state index contributed by atoms with van der Waals surface area (Å²) >= 11 is 5.76. The second-order valence-corrected chi connectivity index (χ2v) is 11.3. The number of para-hydroxylation sites is 1. The Balaban J connectivity index is 0.000000217. The number of methoxy groups -OCH3 is 1. The third-order valence-corrected chi connectivity index (χ3v) is 8.26. The largest absolute Gasteiger partial charge is 0.481 e. The summed E-state index contributed by atoms with van der Waals surface area (Å²) in [6.07, 6.45) is 8.89. The van der Waals surface area contributed by atoms with Crippen LogP contribution in [0.5, 0.6) is 5.75 Å². The first-order valence-corrected chi connectivity index (χ1v) is 15.4. The molecule has 238 valence electrons. The lowest BCUT2D eigenvalue weighted by Gasteiger charge is -2.31. The number of ether oxygens (including phenoxy) is 2. The maximum atomic E-state index is 14.7. The highest BCUT2D eigenvalue weighted by atomic mass is 35.5. The Morgan fingerprint density at radius 3 is 2.40 bits per heavy atom. The van der Waals surface area contributed by atoms with Gasteiger partial charge in [-0.2, -0.15) is 0 Å². The third kappa shape index (κ3) is 6.75. The van der Waals surface area contributed by atoms with Gasteiger partial charge in [0.15, 0.2) is 12.4 Å². The van der Waals surface area contributed by atoms with Gasteiger partial charge in [-0.15, -0.1) is 18.0 Å².